The largest absolute Gasteiger partial charge is 0.308 e. The van der Waals surface area contributed by atoms with Crippen molar-refractivity contribution in [1.82, 2.24) is 39.2 Å². The molecule has 0 fully saturated rings. The van der Waals surface area contributed by atoms with E-state index >= 15 is 0 Å². The van der Waals surface area contributed by atoms with Crippen molar-refractivity contribution < 1.29 is 0 Å². The molecule has 0 rings (SSSR count). The first-order chi connectivity index (χ1) is 15.0. The molecule has 0 radical (unpaired) electrons. The number of hydrogen-bond acceptors (Lipinski definition) is 8. The molecule has 0 aromatic heterocycles. The van der Waals surface area contributed by atoms with Crippen LogP contribution in [0.2, 0.25) is 0 Å². The van der Waals surface area contributed by atoms with Crippen molar-refractivity contribution in [3.05, 3.63) is 0 Å². The van der Waals surface area contributed by atoms with Crippen molar-refractivity contribution >= 4 is 0 Å². The molecule has 0 aliphatic heterocycles. The molecule has 0 saturated carbocycles. The standard InChI is InChI=1S/C24H58N8/c1-25(2)11-15-29(9)16-23-32(21-14-28(7)8)24-18-30(10)17-22-31(19-12-26(3)4)20-13-27(5)6/h11-24H2,1-10H3. The predicted octanol–water partition coefficient (Wildman–Crippen LogP) is -0.300. The second-order valence-electron chi connectivity index (χ2n) is 10.5. The van der Waals surface area contributed by atoms with E-state index in [4.69, 9.17) is 0 Å². The van der Waals surface area contributed by atoms with Gasteiger partial charge in [0.25, 0.3) is 0 Å². The molecule has 0 N–H and O–H groups in total. The van der Waals surface area contributed by atoms with Crippen LogP contribution in [0.15, 0.2) is 0 Å². The summed E-state index contributed by atoms with van der Waals surface area (Å²) in [5.41, 5.74) is 0. The normalized spacial score (nSPS) is 12.9. The Morgan fingerprint density at radius 2 is 0.438 bits per heavy atom. The first-order valence-corrected chi connectivity index (χ1v) is 12.4. The topological polar surface area (TPSA) is 25.9 Å². The van der Waals surface area contributed by atoms with Crippen LogP contribution in [-0.2, 0) is 0 Å². The van der Waals surface area contributed by atoms with Gasteiger partial charge in [0, 0.05) is 91.6 Å². The number of hydrogen-bond donors (Lipinski definition) is 0. The van der Waals surface area contributed by atoms with Crippen LogP contribution in [0.3, 0.4) is 0 Å². The quantitative estimate of drug-likeness (QED) is 0.231. The molecule has 8 nitrogen and oxygen atoms in total. The van der Waals surface area contributed by atoms with Gasteiger partial charge in [-0.15, -0.1) is 0 Å². The van der Waals surface area contributed by atoms with Crippen LogP contribution in [0.1, 0.15) is 0 Å². The molecule has 0 aliphatic carbocycles. The minimum absolute atomic E-state index is 1.12. The average Bonchev–Trinajstić information content (AvgIpc) is 2.70. The van der Waals surface area contributed by atoms with Crippen LogP contribution in [0.4, 0.5) is 0 Å². The molecule has 0 unspecified atom stereocenters. The van der Waals surface area contributed by atoms with E-state index in [1.54, 1.807) is 0 Å². The lowest BCUT2D eigenvalue weighted by atomic mass is 10.3. The van der Waals surface area contributed by atoms with Gasteiger partial charge in [0.05, 0.1) is 0 Å². The van der Waals surface area contributed by atoms with Gasteiger partial charge in [-0.05, 0) is 70.5 Å². The Balaban J connectivity index is 4.48. The summed E-state index contributed by atoms with van der Waals surface area (Å²) in [4.78, 5) is 19.3. The van der Waals surface area contributed by atoms with Crippen LogP contribution in [0.5, 0.6) is 0 Å². The summed E-state index contributed by atoms with van der Waals surface area (Å²) in [6, 6.07) is 0. The molecular weight excluding hydrogens is 400 g/mol. The molecule has 0 heterocycles. The fraction of sp³-hybridized carbons (Fsp3) is 1.00. The highest BCUT2D eigenvalue weighted by atomic mass is 15.3. The van der Waals surface area contributed by atoms with Crippen LogP contribution in [0, 0.1) is 0 Å². The van der Waals surface area contributed by atoms with E-state index in [-0.39, 0.29) is 0 Å². The van der Waals surface area contributed by atoms with Gasteiger partial charge in [0.15, 0.2) is 0 Å². The van der Waals surface area contributed by atoms with E-state index < -0.39 is 0 Å². The maximum atomic E-state index is 2.64. The second-order valence-corrected chi connectivity index (χ2v) is 10.5. The third kappa shape index (κ3) is 20.3. The Kier molecular flexibility index (Phi) is 18.8. The summed E-state index contributed by atoms with van der Waals surface area (Å²) >= 11 is 0. The minimum Gasteiger partial charge on any atom is -0.308 e. The van der Waals surface area contributed by atoms with Crippen molar-refractivity contribution in [2.75, 3.05) is 162 Å². The smallest absolute Gasteiger partial charge is 0.0110 e. The first-order valence-electron chi connectivity index (χ1n) is 12.4. The zero-order valence-corrected chi connectivity index (χ0v) is 23.5. The zero-order valence-electron chi connectivity index (χ0n) is 23.5. The maximum Gasteiger partial charge on any atom is 0.0110 e. The summed E-state index contributed by atoms with van der Waals surface area (Å²) < 4.78 is 0. The highest BCUT2D eigenvalue weighted by Crippen LogP contribution is 1.97. The van der Waals surface area contributed by atoms with Crippen molar-refractivity contribution in [2.24, 2.45) is 0 Å². The molecule has 0 aromatic rings. The van der Waals surface area contributed by atoms with Crippen LogP contribution in [0.25, 0.3) is 0 Å². The van der Waals surface area contributed by atoms with Gasteiger partial charge in [-0.25, -0.2) is 0 Å². The lowest BCUT2D eigenvalue weighted by Gasteiger charge is -2.30. The Morgan fingerprint density at radius 1 is 0.250 bits per heavy atom. The highest BCUT2D eigenvalue weighted by Gasteiger charge is 2.11. The fourth-order valence-corrected chi connectivity index (χ4v) is 3.23. The van der Waals surface area contributed by atoms with Gasteiger partial charge in [-0.3, -0.25) is 9.80 Å². The van der Waals surface area contributed by atoms with Crippen molar-refractivity contribution in [2.45, 2.75) is 0 Å². The van der Waals surface area contributed by atoms with Gasteiger partial charge >= 0.3 is 0 Å². The minimum atomic E-state index is 1.12. The third-order valence-corrected chi connectivity index (χ3v) is 5.91. The van der Waals surface area contributed by atoms with E-state index in [2.05, 4.69) is 110 Å². The molecule has 0 aliphatic rings. The SMILES string of the molecule is CN(C)CCN(C)CCN(CCN(C)C)CCN(C)CCN(CCN(C)C)CCN(C)C. The third-order valence-electron chi connectivity index (χ3n) is 5.91. The van der Waals surface area contributed by atoms with Crippen molar-refractivity contribution in [3.8, 4) is 0 Å². The summed E-state index contributed by atoms with van der Waals surface area (Å²) in [6.45, 7) is 15.9. The summed E-state index contributed by atoms with van der Waals surface area (Å²) in [5.74, 6) is 0. The van der Waals surface area contributed by atoms with Gasteiger partial charge in [0.2, 0.25) is 0 Å². The van der Waals surface area contributed by atoms with Crippen molar-refractivity contribution in [1.29, 1.82) is 0 Å². The maximum absolute atomic E-state index is 2.64. The molecule has 8 heteroatoms. The average molecular weight is 459 g/mol. The molecule has 0 saturated heterocycles. The van der Waals surface area contributed by atoms with Crippen LogP contribution < -0.4 is 0 Å². The van der Waals surface area contributed by atoms with Crippen LogP contribution >= 0.6 is 0 Å². The summed E-state index contributed by atoms with van der Waals surface area (Å²) in [7, 11) is 21.8. The Morgan fingerprint density at radius 3 is 0.688 bits per heavy atom. The number of rotatable bonds is 21. The molecule has 194 valence electrons. The number of nitrogens with zero attached hydrogens (tertiary/aromatic N) is 8. The molecular formula is C24H58N8. The first kappa shape index (κ1) is 31.7. The Hall–Kier alpha value is -0.320. The van der Waals surface area contributed by atoms with Crippen LogP contribution in [-0.4, -0.2) is 201 Å². The van der Waals surface area contributed by atoms with Gasteiger partial charge in [0.1, 0.15) is 0 Å². The molecule has 0 bridgehead atoms. The summed E-state index contributed by atoms with van der Waals surface area (Å²) in [6.07, 6.45) is 0. The Bertz CT molecular complexity index is 405. The monoisotopic (exact) mass is 458 g/mol. The van der Waals surface area contributed by atoms with E-state index in [1.165, 1.54) is 0 Å². The highest BCUT2D eigenvalue weighted by molar-refractivity contribution is 4.68. The van der Waals surface area contributed by atoms with Crippen molar-refractivity contribution in [3.63, 3.8) is 0 Å². The molecule has 0 spiro atoms. The summed E-state index contributed by atoms with van der Waals surface area (Å²) in [5, 5.41) is 0. The molecule has 0 atom stereocenters. The molecule has 0 aromatic carbocycles. The second kappa shape index (κ2) is 19.0. The van der Waals surface area contributed by atoms with Gasteiger partial charge in [-0.2, -0.15) is 0 Å². The predicted molar refractivity (Wildman–Crippen MR) is 142 cm³/mol. The molecule has 0 amide bonds. The van der Waals surface area contributed by atoms with Gasteiger partial charge in [-0.1, -0.05) is 0 Å². The van der Waals surface area contributed by atoms with E-state index in [9.17, 15) is 0 Å². The van der Waals surface area contributed by atoms with E-state index in [0.717, 1.165) is 91.6 Å². The van der Waals surface area contributed by atoms with Gasteiger partial charge < -0.3 is 29.4 Å². The molecule has 32 heavy (non-hydrogen) atoms. The van der Waals surface area contributed by atoms with E-state index in [1.807, 2.05) is 0 Å². The lowest BCUT2D eigenvalue weighted by Crippen LogP contribution is -2.44. The van der Waals surface area contributed by atoms with E-state index in [0.29, 0.717) is 0 Å². The Labute approximate surface area is 201 Å². The number of likely N-dealkylation sites (N-methyl/N-ethyl adjacent to an activating group) is 6. The zero-order chi connectivity index (χ0) is 24.5. The lowest BCUT2D eigenvalue weighted by molar-refractivity contribution is 0.165. The fourth-order valence-electron chi connectivity index (χ4n) is 3.23.